The summed E-state index contributed by atoms with van der Waals surface area (Å²) in [5, 5.41) is 6.35. The number of aliphatic imine (C=N–C) groups is 1. The summed E-state index contributed by atoms with van der Waals surface area (Å²) in [7, 11) is 0. The number of anilines is 2. The third-order valence-electron chi connectivity index (χ3n) is 4.74. The van der Waals surface area contributed by atoms with E-state index in [1.54, 1.807) is 18.5 Å². The number of hydrogen-bond donors (Lipinski definition) is 2. The molecule has 0 bridgehead atoms. The van der Waals surface area contributed by atoms with Gasteiger partial charge in [-0.05, 0) is 31.5 Å². The maximum Gasteiger partial charge on any atom is 0.417 e. The number of nitrogens with one attached hydrogen (secondary N) is 2. The first kappa shape index (κ1) is 22.6. The van der Waals surface area contributed by atoms with E-state index < -0.39 is 11.7 Å². The van der Waals surface area contributed by atoms with Crippen LogP contribution in [0.25, 0.3) is 0 Å². The molecule has 8 nitrogen and oxygen atoms in total. The molecule has 1 fully saturated rings. The van der Waals surface area contributed by atoms with Gasteiger partial charge in [-0.25, -0.2) is 15.0 Å². The van der Waals surface area contributed by atoms with Crippen LogP contribution in [-0.4, -0.2) is 71.6 Å². The summed E-state index contributed by atoms with van der Waals surface area (Å²) in [6, 6.07) is 4.17. The van der Waals surface area contributed by atoms with Crippen LogP contribution in [0.1, 0.15) is 18.9 Å². The lowest BCUT2D eigenvalue weighted by Gasteiger charge is -2.36. The van der Waals surface area contributed by atoms with E-state index in [0.29, 0.717) is 18.9 Å². The maximum absolute atomic E-state index is 12.6. The molecule has 11 heteroatoms. The van der Waals surface area contributed by atoms with Crippen molar-refractivity contribution in [2.45, 2.75) is 19.5 Å². The van der Waals surface area contributed by atoms with Crippen molar-refractivity contribution in [3.8, 4) is 0 Å². The molecule has 3 heterocycles. The Morgan fingerprint density at radius 2 is 1.84 bits per heavy atom. The van der Waals surface area contributed by atoms with E-state index in [4.69, 9.17) is 0 Å². The molecule has 2 aromatic rings. The number of hydrogen-bond acceptors (Lipinski definition) is 6. The number of piperazine rings is 1. The molecule has 2 N–H and O–H groups in total. The summed E-state index contributed by atoms with van der Waals surface area (Å²) < 4.78 is 37.7. The van der Waals surface area contributed by atoms with Gasteiger partial charge in [0.1, 0.15) is 5.82 Å². The van der Waals surface area contributed by atoms with Crippen molar-refractivity contribution in [2.75, 3.05) is 56.0 Å². The standard InChI is InChI=1S/C20H27F3N8/c1-2-24-18(30-11-13-31(14-12-30)19-27-9-4-10-28-19)26-8-3-7-25-17-6-5-16(15-29-17)20(21,22)23/h4-6,9-10,15H,2-3,7-8,11-14H2,1H3,(H,24,26)(H,25,29). The Morgan fingerprint density at radius 1 is 1.10 bits per heavy atom. The van der Waals surface area contributed by atoms with Gasteiger partial charge in [0.2, 0.25) is 5.95 Å². The number of alkyl halides is 3. The zero-order valence-electron chi connectivity index (χ0n) is 17.4. The predicted molar refractivity (Wildman–Crippen MR) is 114 cm³/mol. The Hall–Kier alpha value is -3.11. The van der Waals surface area contributed by atoms with Gasteiger partial charge in [0, 0.05) is 64.4 Å². The zero-order valence-corrected chi connectivity index (χ0v) is 17.4. The highest BCUT2D eigenvalue weighted by molar-refractivity contribution is 5.80. The van der Waals surface area contributed by atoms with Gasteiger partial charge in [-0.15, -0.1) is 0 Å². The van der Waals surface area contributed by atoms with Crippen molar-refractivity contribution in [1.82, 2.24) is 25.2 Å². The number of aromatic nitrogens is 3. The molecule has 0 aromatic carbocycles. The SMILES string of the molecule is CCNC(=NCCCNc1ccc(C(F)(F)F)cn1)N1CCN(c2ncccn2)CC1. The van der Waals surface area contributed by atoms with Crippen molar-refractivity contribution < 1.29 is 13.2 Å². The molecule has 0 atom stereocenters. The molecule has 0 amide bonds. The van der Waals surface area contributed by atoms with Gasteiger partial charge in [0.05, 0.1) is 5.56 Å². The van der Waals surface area contributed by atoms with Gasteiger partial charge in [-0.1, -0.05) is 0 Å². The highest BCUT2D eigenvalue weighted by Crippen LogP contribution is 2.28. The fourth-order valence-corrected chi connectivity index (χ4v) is 3.15. The van der Waals surface area contributed by atoms with Gasteiger partial charge in [0.25, 0.3) is 0 Å². The lowest BCUT2D eigenvalue weighted by molar-refractivity contribution is -0.137. The molecule has 168 valence electrons. The molecule has 1 aliphatic heterocycles. The van der Waals surface area contributed by atoms with E-state index in [-0.39, 0.29) is 0 Å². The lowest BCUT2D eigenvalue weighted by atomic mass is 10.3. The van der Waals surface area contributed by atoms with Gasteiger partial charge in [0.15, 0.2) is 5.96 Å². The maximum atomic E-state index is 12.6. The zero-order chi connectivity index (χ0) is 22.1. The van der Waals surface area contributed by atoms with Crippen LogP contribution in [0.15, 0.2) is 41.8 Å². The highest BCUT2D eigenvalue weighted by Gasteiger charge is 2.30. The number of halogens is 3. The molecule has 1 saturated heterocycles. The van der Waals surface area contributed by atoms with Crippen LogP contribution >= 0.6 is 0 Å². The van der Waals surface area contributed by atoms with E-state index in [0.717, 1.165) is 63.3 Å². The Balaban J connectivity index is 1.43. The van der Waals surface area contributed by atoms with E-state index in [9.17, 15) is 13.2 Å². The van der Waals surface area contributed by atoms with Crippen molar-refractivity contribution in [1.29, 1.82) is 0 Å². The van der Waals surface area contributed by atoms with Gasteiger partial charge >= 0.3 is 6.18 Å². The molecule has 1 aliphatic rings. The monoisotopic (exact) mass is 436 g/mol. The minimum Gasteiger partial charge on any atom is -0.370 e. The first-order valence-corrected chi connectivity index (χ1v) is 10.3. The molecule has 2 aromatic heterocycles. The molecule has 0 spiro atoms. The molecule has 0 aliphatic carbocycles. The number of rotatable bonds is 7. The number of nitrogens with zero attached hydrogens (tertiary/aromatic N) is 6. The molecular formula is C20H27F3N8. The van der Waals surface area contributed by atoms with Crippen LogP contribution in [0, 0.1) is 0 Å². The van der Waals surface area contributed by atoms with Crippen LogP contribution in [0.2, 0.25) is 0 Å². The number of pyridine rings is 1. The lowest BCUT2D eigenvalue weighted by Crippen LogP contribution is -2.53. The van der Waals surface area contributed by atoms with Gasteiger partial charge < -0.3 is 20.4 Å². The molecular weight excluding hydrogens is 409 g/mol. The molecule has 3 rings (SSSR count). The third kappa shape index (κ3) is 6.69. The Labute approximate surface area is 179 Å². The van der Waals surface area contributed by atoms with E-state index in [1.807, 2.05) is 6.92 Å². The summed E-state index contributed by atoms with van der Waals surface area (Å²) in [6.45, 7) is 7.23. The second-order valence-corrected chi connectivity index (χ2v) is 6.97. The molecule has 0 unspecified atom stereocenters. The van der Waals surface area contributed by atoms with Crippen molar-refractivity contribution >= 4 is 17.7 Å². The Morgan fingerprint density at radius 3 is 2.45 bits per heavy atom. The first-order valence-electron chi connectivity index (χ1n) is 10.3. The van der Waals surface area contributed by atoms with Crippen LogP contribution in [0.4, 0.5) is 24.9 Å². The van der Waals surface area contributed by atoms with Crippen LogP contribution in [-0.2, 0) is 6.18 Å². The highest BCUT2D eigenvalue weighted by atomic mass is 19.4. The fourth-order valence-electron chi connectivity index (χ4n) is 3.15. The van der Waals surface area contributed by atoms with E-state index >= 15 is 0 Å². The van der Waals surface area contributed by atoms with Crippen LogP contribution < -0.4 is 15.5 Å². The summed E-state index contributed by atoms with van der Waals surface area (Å²) in [4.78, 5) is 21.5. The average molecular weight is 436 g/mol. The molecule has 0 radical (unpaired) electrons. The second kappa shape index (κ2) is 10.8. The van der Waals surface area contributed by atoms with Crippen molar-refractivity contribution in [2.24, 2.45) is 4.99 Å². The van der Waals surface area contributed by atoms with Crippen molar-refractivity contribution in [3.05, 3.63) is 42.4 Å². The van der Waals surface area contributed by atoms with E-state index in [2.05, 4.69) is 40.4 Å². The summed E-state index contributed by atoms with van der Waals surface area (Å²) in [6.07, 6.45) is 0.685. The van der Waals surface area contributed by atoms with Gasteiger partial charge in [-0.3, -0.25) is 4.99 Å². The topological polar surface area (TPSA) is 81.6 Å². The average Bonchev–Trinajstić information content (AvgIpc) is 2.78. The fraction of sp³-hybridized carbons (Fsp3) is 0.500. The summed E-state index contributed by atoms with van der Waals surface area (Å²) in [5.41, 5.74) is -0.753. The molecule has 31 heavy (non-hydrogen) atoms. The smallest absolute Gasteiger partial charge is 0.370 e. The Kier molecular flexibility index (Phi) is 7.85. The number of guanidine groups is 1. The Bertz CT molecular complexity index is 819. The van der Waals surface area contributed by atoms with E-state index in [1.165, 1.54) is 6.07 Å². The largest absolute Gasteiger partial charge is 0.417 e. The van der Waals surface area contributed by atoms with Gasteiger partial charge in [-0.2, -0.15) is 13.2 Å². The summed E-state index contributed by atoms with van der Waals surface area (Å²) >= 11 is 0. The molecule has 0 saturated carbocycles. The third-order valence-corrected chi connectivity index (χ3v) is 4.74. The predicted octanol–water partition coefficient (Wildman–Crippen LogP) is 2.48. The van der Waals surface area contributed by atoms with Crippen LogP contribution in [0.3, 0.4) is 0 Å². The van der Waals surface area contributed by atoms with Crippen LogP contribution in [0.5, 0.6) is 0 Å². The van der Waals surface area contributed by atoms with Crippen molar-refractivity contribution in [3.63, 3.8) is 0 Å². The first-order chi connectivity index (χ1) is 15.0. The normalized spacial score (nSPS) is 15.2. The minimum absolute atomic E-state index is 0.420. The quantitative estimate of drug-likeness (QED) is 0.392. The minimum atomic E-state index is -4.37. The summed E-state index contributed by atoms with van der Waals surface area (Å²) in [5.74, 6) is 2.03. The second-order valence-electron chi connectivity index (χ2n) is 6.97.